The van der Waals surface area contributed by atoms with E-state index in [1.165, 1.54) is 23.5 Å². The Balaban J connectivity index is 1.83. The summed E-state index contributed by atoms with van der Waals surface area (Å²) < 4.78 is 13.0. The molecule has 0 radical (unpaired) electrons. The molecule has 1 aliphatic rings. The molecule has 3 rings (SSSR count). The maximum atomic E-state index is 13.0. The summed E-state index contributed by atoms with van der Waals surface area (Å²) >= 11 is 1.22. The highest BCUT2D eigenvalue weighted by atomic mass is 32.1. The highest BCUT2D eigenvalue weighted by molar-refractivity contribution is 7.17. The number of nitrogens with two attached hydrogens (primary N) is 1. The summed E-state index contributed by atoms with van der Waals surface area (Å²) in [6, 6.07) is 6.53. The number of halogens is 1. The molecule has 110 valence electrons. The fourth-order valence-electron chi connectivity index (χ4n) is 2.29. The van der Waals surface area contributed by atoms with Gasteiger partial charge in [-0.3, -0.25) is 4.79 Å². The maximum Gasteiger partial charge on any atom is 0.266 e. The van der Waals surface area contributed by atoms with Crippen LogP contribution in [-0.2, 0) is 6.54 Å². The van der Waals surface area contributed by atoms with Crippen molar-refractivity contribution in [1.29, 1.82) is 0 Å². The summed E-state index contributed by atoms with van der Waals surface area (Å²) in [5.41, 5.74) is 7.27. The van der Waals surface area contributed by atoms with Gasteiger partial charge < -0.3 is 10.6 Å². The fraction of sp³-hybridized carbons (Fsp3) is 0.333. The number of hydrogen-bond donors (Lipinski definition) is 1. The second kappa shape index (κ2) is 5.44. The van der Waals surface area contributed by atoms with Crippen LogP contribution in [0.4, 0.5) is 9.52 Å². The highest BCUT2D eigenvalue weighted by Crippen LogP contribution is 2.32. The van der Waals surface area contributed by atoms with Crippen LogP contribution < -0.4 is 5.73 Å². The maximum absolute atomic E-state index is 13.0. The SMILES string of the molecule is Cc1nc(N)sc1C(=O)N(Cc1ccc(F)cc1)C1CC1. The molecule has 2 aromatic rings. The molecule has 0 unspecified atom stereocenters. The average Bonchev–Trinajstić information content (AvgIpc) is 3.22. The minimum Gasteiger partial charge on any atom is -0.375 e. The van der Waals surface area contributed by atoms with Crippen molar-refractivity contribution in [3.63, 3.8) is 0 Å². The molecule has 1 heterocycles. The zero-order chi connectivity index (χ0) is 15.0. The lowest BCUT2D eigenvalue weighted by molar-refractivity contribution is 0.0734. The van der Waals surface area contributed by atoms with Gasteiger partial charge in [-0.2, -0.15) is 0 Å². The number of carbonyl (C=O) groups is 1. The Morgan fingerprint density at radius 2 is 2.10 bits per heavy atom. The molecular formula is C15H16FN3OS. The second-order valence-electron chi connectivity index (χ2n) is 5.26. The number of nitrogen functional groups attached to an aromatic ring is 1. The number of aryl methyl sites for hydroxylation is 1. The standard InChI is InChI=1S/C15H16FN3OS/c1-9-13(21-15(17)18-9)14(20)19(12-6-7-12)8-10-2-4-11(16)5-3-10/h2-5,12H,6-8H2,1H3,(H2,17,18). The van der Waals surface area contributed by atoms with Crippen LogP contribution in [0.3, 0.4) is 0 Å². The molecule has 1 fully saturated rings. The first-order valence-electron chi connectivity index (χ1n) is 6.83. The molecule has 1 aliphatic carbocycles. The lowest BCUT2D eigenvalue weighted by Gasteiger charge is -2.22. The molecule has 1 saturated carbocycles. The summed E-state index contributed by atoms with van der Waals surface area (Å²) in [6.07, 6.45) is 2.03. The van der Waals surface area contributed by atoms with Crippen LogP contribution in [0.25, 0.3) is 0 Å². The van der Waals surface area contributed by atoms with Crippen LogP contribution in [0.1, 0.15) is 33.8 Å². The van der Waals surface area contributed by atoms with Crippen LogP contribution in [-0.4, -0.2) is 21.8 Å². The first-order chi connectivity index (χ1) is 10.0. The first kappa shape index (κ1) is 14.0. The molecule has 0 aliphatic heterocycles. The third-order valence-electron chi connectivity index (χ3n) is 3.52. The number of benzene rings is 1. The second-order valence-corrected chi connectivity index (χ2v) is 6.29. The summed E-state index contributed by atoms with van der Waals surface area (Å²) in [4.78, 5) is 19.2. The quantitative estimate of drug-likeness (QED) is 0.944. The molecule has 0 saturated heterocycles. The van der Waals surface area contributed by atoms with Crippen LogP contribution >= 0.6 is 11.3 Å². The lowest BCUT2D eigenvalue weighted by atomic mass is 10.2. The summed E-state index contributed by atoms with van der Waals surface area (Å²) in [5, 5.41) is 0.411. The Kier molecular flexibility index (Phi) is 3.63. The van der Waals surface area contributed by atoms with Crippen LogP contribution in [0.15, 0.2) is 24.3 Å². The third-order valence-corrected chi connectivity index (χ3v) is 4.50. The number of aromatic nitrogens is 1. The highest BCUT2D eigenvalue weighted by Gasteiger charge is 2.34. The summed E-state index contributed by atoms with van der Waals surface area (Å²) in [5.74, 6) is -0.303. The molecule has 0 bridgehead atoms. The number of nitrogens with zero attached hydrogens (tertiary/aromatic N) is 2. The molecule has 4 nitrogen and oxygen atoms in total. The van der Waals surface area contributed by atoms with E-state index in [0.717, 1.165) is 18.4 Å². The van der Waals surface area contributed by atoms with Gasteiger partial charge in [-0.05, 0) is 37.5 Å². The van der Waals surface area contributed by atoms with Crippen molar-refractivity contribution >= 4 is 22.4 Å². The first-order valence-corrected chi connectivity index (χ1v) is 7.64. The topological polar surface area (TPSA) is 59.2 Å². The predicted molar refractivity (Wildman–Crippen MR) is 80.6 cm³/mol. The lowest BCUT2D eigenvalue weighted by Crippen LogP contribution is -2.32. The number of rotatable bonds is 4. The summed E-state index contributed by atoms with van der Waals surface area (Å²) in [7, 11) is 0. The van der Waals surface area contributed by atoms with Gasteiger partial charge in [-0.25, -0.2) is 9.37 Å². The smallest absolute Gasteiger partial charge is 0.266 e. The van der Waals surface area contributed by atoms with Crippen molar-refractivity contribution in [2.45, 2.75) is 32.4 Å². The molecule has 1 aromatic carbocycles. The molecule has 2 N–H and O–H groups in total. The number of anilines is 1. The monoisotopic (exact) mass is 305 g/mol. The van der Waals surface area contributed by atoms with Crippen molar-refractivity contribution in [2.24, 2.45) is 0 Å². The predicted octanol–water partition coefficient (Wildman–Crippen LogP) is 2.98. The average molecular weight is 305 g/mol. The zero-order valence-corrected chi connectivity index (χ0v) is 12.5. The van der Waals surface area contributed by atoms with Gasteiger partial charge in [0.25, 0.3) is 5.91 Å². The van der Waals surface area contributed by atoms with E-state index in [4.69, 9.17) is 5.73 Å². The Morgan fingerprint density at radius 3 is 2.62 bits per heavy atom. The third kappa shape index (κ3) is 3.05. The largest absolute Gasteiger partial charge is 0.375 e. The molecule has 0 spiro atoms. The van der Waals surface area contributed by atoms with Crippen molar-refractivity contribution < 1.29 is 9.18 Å². The van der Waals surface area contributed by atoms with Gasteiger partial charge in [0.1, 0.15) is 10.7 Å². The van der Waals surface area contributed by atoms with Gasteiger partial charge in [-0.1, -0.05) is 23.5 Å². The van der Waals surface area contributed by atoms with E-state index in [-0.39, 0.29) is 17.8 Å². The van der Waals surface area contributed by atoms with Crippen LogP contribution in [0.5, 0.6) is 0 Å². The van der Waals surface area contributed by atoms with Crippen molar-refractivity contribution in [2.75, 3.05) is 5.73 Å². The minimum atomic E-state index is -0.269. The minimum absolute atomic E-state index is 0.0338. The zero-order valence-electron chi connectivity index (χ0n) is 11.7. The molecule has 6 heteroatoms. The van der Waals surface area contributed by atoms with Crippen LogP contribution in [0, 0.1) is 12.7 Å². The van der Waals surface area contributed by atoms with Crippen LogP contribution in [0.2, 0.25) is 0 Å². The molecular weight excluding hydrogens is 289 g/mol. The number of amides is 1. The van der Waals surface area contributed by atoms with Gasteiger partial charge in [-0.15, -0.1) is 0 Å². The molecule has 0 atom stereocenters. The fourth-order valence-corrected chi connectivity index (χ4v) is 3.08. The molecule has 21 heavy (non-hydrogen) atoms. The summed E-state index contributed by atoms with van der Waals surface area (Å²) in [6.45, 7) is 2.28. The van der Waals surface area contributed by atoms with E-state index >= 15 is 0 Å². The van der Waals surface area contributed by atoms with Gasteiger partial charge in [0, 0.05) is 12.6 Å². The normalized spacial score (nSPS) is 14.2. The Bertz CT molecular complexity index is 664. The van der Waals surface area contributed by atoms with E-state index in [0.29, 0.717) is 22.2 Å². The van der Waals surface area contributed by atoms with Crippen molar-refractivity contribution in [1.82, 2.24) is 9.88 Å². The number of hydrogen-bond acceptors (Lipinski definition) is 4. The van der Waals surface area contributed by atoms with E-state index < -0.39 is 0 Å². The van der Waals surface area contributed by atoms with E-state index in [9.17, 15) is 9.18 Å². The Hall–Kier alpha value is -1.95. The Morgan fingerprint density at radius 1 is 1.43 bits per heavy atom. The van der Waals surface area contributed by atoms with Crippen molar-refractivity contribution in [3.8, 4) is 0 Å². The van der Waals surface area contributed by atoms with Gasteiger partial charge in [0.2, 0.25) is 0 Å². The van der Waals surface area contributed by atoms with E-state index in [1.54, 1.807) is 19.1 Å². The van der Waals surface area contributed by atoms with Gasteiger partial charge in [0.05, 0.1) is 5.69 Å². The number of thiazole rings is 1. The molecule has 1 aromatic heterocycles. The van der Waals surface area contributed by atoms with E-state index in [1.807, 2.05) is 4.90 Å². The number of carbonyl (C=O) groups excluding carboxylic acids is 1. The van der Waals surface area contributed by atoms with Gasteiger partial charge in [0.15, 0.2) is 5.13 Å². The van der Waals surface area contributed by atoms with E-state index in [2.05, 4.69) is 4.98 Å². The van der Waals surface area contributed by atoms with Gasteiger partial charge >= 0.3 is 0 Å². The molecule has 1 amide bonds. The van der Waals surface area contributed by atoms with Crippen molar-refractivity contribution in [3.05, 3.63) is 46.2 Å². The Labute approximate surface area is 126 Å².